The Bertz CT molecular complexity index is 714. The third-order valence-electron chi connectivity index (χ3n) is 2.74. The van der Waals surface area contributed by atoms with E-state index in [1.54, 1.807) is 34.4 Å². The van der Waals surface area contributed by atoms with Crippen LogP contribution in [0.25, 0.3) is 0 Å². The van der Waals surface area contributed by atoms with Crippen molar-refractivity contribution >= 4 is 17.6 Å². The second-order valence-corrected chi connectivity index (χ2v) is 5.71. The van der Waals surface area contributed by atoms with Crippen LogP contribution in [-0.4, -0.2) is 29.1 Å². The number of ether oxygens (including phenoxy) is 1. The van der Waals surface area contributed by atoms with Gasteiger partial charge in [-0.05, 0) is 44.5 Å². The predicted octanol–water partition coefficient (Wildman–Crippen LogP) is 2.76. The van der Waals surface area contributed by atoms with Gasteiger partial charge in [0.15, 0.2) is 11.5 Å². The lowest BCUT2D eigenvalue weighted by atomic mass is 10.2. The Hall–Kier alpha value is -2.08. The van der Waals surface area contributed by atoms with Crippen molar-refractivity contribution in [3.63, 3.8) is 0 Å². The number of hydrogen-bond acceptors (Lipinski definition) is 5. The van der Waals surface area contributed by atoms with E-state index >= 15 is 0 Å². The van der Waals surface area contributed by atoms with Gasteiger partial charge in [0, 0.05) is 11.4 Å². The molecule has 112 valence electrons. The molecule has 0 aliphatic carbocycles. The van der Waals surface area contributed by atoms with Gasteiger partial charge in [-0.25, -0.2) is 4.68 Å². The van der Waals surface area contributed by atoms with Gasteiger partial charge in [-0.1, -0.05) is 0 Å². The van der Waals surface area contributed by atoms with E-state index in [0.29, 0.717) is 5.75 Å². The minimum Gasteiger partial charge on any atom is -0.504 e. The second kappa shape index (κ2) is 6.58. The van der Waals surface area contributed by atoms with E-state index in [2.05, 4.69) is 10.1 Å². The van der Waals surface area contributed by atoms with Crippen molar-refractivity contribution in [1.29, 1.82) is 0 Å². The molecule has 0 aliphatic rings. The Morgan fingerprint density at radius 1 is 1.38 bits per heavy atom. The molecule has 0 saturated heterocycles. The first-order chi connectivity index (χ1) is 10.0. The van der Waals surface area contributed by atoms with E-state index in [9.17, 15) is 5.11 Å². The highest BCUT2D eigenvalue weighted by Crippen LogP contribution is 2.25. The molecule has 0 atom stereocenters. The molecule has 0 radical (unpaired) electrons. The minimum atomic E-state index is 0.0978. The molecule has 0 unspecified atom stereocenters. The summed E-state index contributed by atoms with van der Waals surface area (Å²) >= 11 is 1.56. The molecule has 1 aromatic carbocycles. The summed E-state index contributed by atoms with van der Waals surface area (Å²) in [5.41, 5.74) is 1.82. The highest BCUT2D eigenvalue weighted by Gasteiger charge is 2.02. The first-order valence-corrected chi connectivity index (χ1v) is 7.51. The van der Waals surface area contributed by atoms with Crippen molar-refractivity contribution in [2.45, 2.75) is 26.8 Å². The van der Waals surface area contributed by atoms with Gasteiger partial charge in [0.25, 0.3) is 0 Å². The monoisotopic (exact) mass is 305 g/mol. The van der Waals surface area contributed by atoms with E-state index in [0.717, 1.165) is 16.1 Å². The van der Waals surface area contributed by atoms with Gasteiger partial charge in [-0.15, -0.1) is 11.3 Å². The first-order valence-electron chi connectivity index (χ1n) is 6.63. The summed E-state index contributed by atoms with van der Waals surface area (Å²) in [7, 11) is 1.52. The third kappa shape index (κ3) is 3.72. The average Bonchev–Trinajstić information content (AvgIpc) is 2.76. The maximum absolute atomic E-state index is 9.77. The molecule has 1 N–H and O–H groups in total. The van der Waals surface area contributed by atoms with E-state index in [1.807, 2.05) is 32.2 Å². The molecule has 0 spiro atoms. The molecule has 5 nitrogen and oxygen atoms in total. The maximum Gasteiger partial charge on any atom is 0.206 e. The molecule has 2 aromatic rings. The second-order valence-electron chi connectivity index (χ2n) is 4.87. The van der Waals surface area contributed by atoms with Crippen LogP contribution in [0.15, 0.2) is 33.7 Å². The van der Waals surface area contributed by atoms with Crippen LogP contribution in [0.5, 0.6) is 11.5 Å². The van der Waals surface area contributed by atoms with Crippen LogP contribution in [0.2, 0.25) is 0 Å². The summed E-state index contributed by atoms with van der Waals surface area (Å²) in [5.74, 6) is 0.544. The fourth-order valence-electron chi connectivity index (χ4n) is 1.75. The summed E-state index contributed by atoms with van der Waals surface area (Å²) in [4.78, 5) is 5.39. The molecule has 1 aromatic heterocycles. The number of phenolic OH excluding ortho intramolecular Hbond substituents is 1. The Balaban J connectivity index is 2.34. The number of benzene rings is 1. The molecule has 0 saturated carbocycles. The van der Waals surface area contributed by atoms with E-state index in [1.165, 1.54) is 7.11 Å². The number of thiazole rings is 1. The molecule has 0 fully saturated rings. The zero-order chi connectivity index (χ0) is 15.4. The highest BCUT2D eigenvalue weighted by molar-refractivity contribution is 7.07. The third-order valence-corrected chi connectivity index (χ3v) is 3.69. The Morgan fingerprint density at radius 3 is 2.76 bits per heavy atom. The van der Waals surface area contributed by atoms with Crippen LogP contribution in [-0.2, 0) is 0 Å². The largest absolute Gasteiger partial charge is 0.504 e. The van der Waals surface area contributed by atoms with Crippen molar-refractivity contribution in [1.82, 2.24) is 4.68 Å². The molecule has 1 heterocycles. The lowest BCUT2D eigenvalue weighted by Gasteiger charge is -2.03. The van der Waals surface area contributed by atoms with E-state index in [-0.39, 0.29) is 11.8 Å². The summed E-state index contributed by atoms with van der Waals surface area (Å²) < 4.78 is 6.82. The Labute approximate surface area is 127 Å². The zero-order valence-corrected chi connectivity index (χ0v) is 13.4. The van der Waals surface area contributed by atoms with Gasteiger partial charge < -0.3 is 9.84 Å². The molecule has 2 rings (SSSR count). The highest BCUT2D eigenvalue weighted by atomic mass is 32.1. The normalized spacial score (nSPS) is 12.5. The molecular formula is C15H19N3O2S. The van der Waals surface area contributed by atoms with Crippen molar-refractivity contribution in [2.75, 3.05) is 7.11 Å². The van der Waals surface area contributed by atoms with Gasteiger partial charge in [0.2, 0.25) is 4.80 Å². The smallest absolute Gasteiger partial charge is 0.206 e. The van der Waals surface area contributed by atoms with Crippen molar-refractivity contribution in [2.24, 2.45) is 10.1 Å². The van der Waals surface area contributed by atoms with Gasteiger partial charge in [-0.2, -0.15) is 5.10 Å². The van der Waals surface area contributed by atoms with Crippen LogP contribution in [0.3, 0.4) is 0 Å². The number of phenols is 1. The Kier molecular flexibility index (Phi) is 4.80. The Morgan fingerprint density at radius 2 is 2.14 bits per heavy atom. The van der Waals surface area contributed by atoms with Gasteiger partial charge in [0.05, 0.1) is 19.0 Å². The molecule has 0 bridgehead atoms. The quantitative estimate of drug-likeness (QED) is 0.883. The SMILES string of the molecule is COc1ccc(C=Nn2c(C)csc2=NC(C)C)cc1O. The molecule has 0 aliphatic heterocycles. The summed E-state index contributed by atoms with van der Waals surface area (Å²) in [6.45, 7) is 6.05. The van der Waals surface area contributed by atoms with Crippen molar-refractivity contribution in [3.8, 4) is 11.5 Å². The number of aryl methyl sites for hydroxylation is 1. The van der Waals surface area contributed by atoms with E-state index in [4.69, 9.17) is 4.74 Å². The maximum atomic E-state index is 9.77. The first kappa shape index (κ1) is 15.3. The number of aromatic hydroxyl groups is 1. The topological polar surface area (TPSA) is 59.1 Å². The van der Waals surface area contributed by atoms with Crippen LogP contribution in [0.1, 0.15) is 25.1 Å². The lowest BCUT2D eigenvalue weighted by Crippen LogP contribution is -2.14. The minimum absolute atomic E-state index is 0.0978. The van der Waals surface area contributed by atoms with Crippen LogP contribution in [0.4, 0.5) is 0 Å². The number of aromatic nitrogens is 1. The standard InChI is InChI=1S/C15H19N3O2S/c1-10(2)17-15-18(11(3)9-21-15)16-8-12-5-6-14(20-4)13(19)7-12/h5-10,19H,1-4H3. The van der Waals surface area contributed by atoms with Crippen LogP contribution in [0, 0.1) is 6.92 Å². The number of methoxy groups -OCH3 is 1. The predicted molar refractivity (Wildman–Crippen MR) is 85.4 cm³/mol. The molecule has 21 heavy (non-hydrogen) atoms. The van der Waals surface area contributed by atoms with E-state index < -0.39 is 0 Å². The zero-order valence-electron chi connectivity index (χ0n) is 12.6. The molecule has 0 amide bonds. The van der Waals surface area contributed by atoms with Crippen LogP contribution < -0.4 is 9.54 Å². The summed E-state index contributed by atoms with van der Waals surface area (Å²) in [6.07, 6.45) is 1.69. The molecule has 6 heteroatoms. The number of rotatable bonds is 4. The van der Waals surface area contributed by atoms with Gasteiger partial charge >= 0.3 is 0 Å². The fraction of sp³-hybridized carbons (Fsp3) is 0.333. The summed E-state index contributed by atoms with van der Waals surface area (Å²) in [6, 6.07) is 5.38. The van der Waals surface area contributed by atoms with Crippen LogP contribution >= 0.6 is 11.3 Å². The van der Waals surface area contributed by atoms with Gasteiger partial charge in [-0.3, -0.25) is 4.99 Å². The number of hydrogen-bond donors (Lipinski definition) is 1. The number of nitrogens with zero attached hydrogens (tertiary/aromatic N) is 3. The van der Waals surface area contributed by atoms with Gasteiger partial charge in [0.1, 0.15) is 0 Å². The van der Waals surface area contributed by atoms with Crippen molar-refractivity contribution in [3.05, 3.63) is 39.6 Å². The van der Waals surface area contributed by atoms with Crippen molar-refractivity contribution < 1.29 is 9.84 Å². The average molecular weight is 305 g/mol. The lowest BCUT2D eigenvalue weighted by molar-refractivity contribution is 0.373. The fourth-order valence-corrected chi connectivity index (χ4v) is 2.69. The summed E-state index contributed by atoms with van der Waals surface area (Å²) in [5, 5.41) is 16.2. The molecular weight excluding hydrogens is 286 g/mol.